The van der Waals surface area contributed by atoms with Crippen molar-refractivity contribution in [3.05, 3.63) is 41.3 Å². The van der Waals surface area contributed by atoms with Crippen molar-refractivity contribution in [3.63, 3.8) is 0 Å². The van der Waals surface area contributed by atoms with Crippen molar-refractivity contribution in [2.24, 2.45) is 0 Å². The van der Waals surface area contributed by atoms with Gasteiger partial charge in [0.15, 0.2) is 11.6 Å². The van der Waals surface area contributed by atoms with Crippen LogP contribution in [0.2, 0.25) is 0 Å². The Labute approximate surface area is 107 Å². The van der Waals surface area contributed by atoms with Gasteiger partial charge in [0.1, 0.15) is 0 Å². The van der Waals surface area contributed by atoms with Crippen molar-refractivity contribution < 1.29 is 4.79 Å². The number of imidazole rings is 1. The SMILES string of the molecule is CC(=O)c1ncc(-c2cc(C(C)C)ccc2C)[nH]1. The summed E-state index contributed by atoms with van der Waals surface area (Å²) >= 11 is 0. The first-order valence-electron chi connectivity index (χ1n) is 6.16. The molecule has 0 radical (unpaired) electrons. The molecule has 0 aliphatic rings. The summed E-state index contributed by atoms with van der Waals surface area (Å²) in [5.74, 6) is 0.859. The van der Waals surface area contributed by atoms with Gasteiger partial charge in [-0.05, 0) is 30.0 Å². The number of H-pyrrole nitrogens is 1. The fourth-order valence-electron chi connectivity index (χ4n) is 1.93. The maximum absolute atomic E-state index is 11.3. The number of rotatable bonds is 3. The van der Waals surface area contributed by atoms with Gasteiger partial charge in [0.2, 0.25) is 0 Å². The molecule has 0 fully saturated rings. The first-order chi connectivity index (χ1) is 8.49. The van der Waals surface area contributed by atoms with Gasteiger partial charge in [-0.25, -0.2) is 4.98 Å². The summed E-state index contributed by atoms with van der Waals surface area (Å²) in [4.78, 5) is 18.4. The highest BCUT2D eigenvalue weighted by Crippen LogP contribution is 2.26. The first-order valence-corrected chi connectivity index (χ1v) is 6.16. The number of benzene rings is 1. The van der Waals surface area contributed by atoms with Crippen LogP contribution < -0.4 is 0 Å². The third-order valence-corrected chi connectivity index (χ3v) is 3.13. The molecule has 1 heterocycles. The van der Waals surface area contributed by atoms with E-state index >= 15 is 0 Å². The lowest BCUT2D eigenvalue weighted by Gasteiger charge is -2.09. The second kappa shape index (κ2) is 4.77. The van der Waals surface area contributed by atoms with Gasteiger partial charge in [0.05, 0.1) is 11.9 Å². The number of carbonyl (C=O) groups is 1. The number of ketones is 1. The molecule has 0 atom stereocenters. The lowest BCUT2D eigenvalue weighted by molar-refractivity contribution is 0.100. The van der Waals surface area contributed by atoms with Crippen molar-refractivity contribution in [1.82, 2.24) is 9.97 Å². The molecule has 18 heavy (non-hydrogen) atoms. The minimum absolute atomic E-state index is 0.0427. The van der Waals surface area contributed by atoms with Crippen LogP contribution in [0.3, 0.4) is 0 Å². The lowest BCUT2D eigenvalue weighted by Crippen LogP contribution is -1.95. The molecule has 0 saturated heterocycles. The molecule has 0 amide bonds. The number of Topliss-reactive ketones (excluding diaryl/α,β-unsaturated/α-hetero) is 1. The summed E-state index contributed by atoms with van der Waals surface area (Å²) in [7, 11) is 0. The van der Waals surface area contributed by atoms with E-state index in [-0.39, 0.29) is 5.78 Å². The topological polar surface area (TPSA) is 45.8 Å². The van der Waals surface area contributed by atoms with E-state index in [0.29, 0.717) is 11.7 Å². The zero-order chi connectivity index (χ0) is 13.3. The highest BCUT2D eigenvalue weighted by Gasteiger charge is 2.10. The standard InChI is InChI=1S/C15H18N2O/c1-9(2)12-6-5-10(3)13(7-12)14-8-16-15(17-14)11(4)18/h5-9H,1-4H3,(H,16,17). The van der Waals surface area contributed by atoms with Gasteiger partial charge in [0, 0.05) is 12.5 Å². The molecule has 1 N–H and O–H groups in total. The summed E-state index contributed by atoms with van der Waals surface area (Å²) in [6.07, 6.45) is 1.73. The van der Waals surface area contributed by atoms with Gasteiger partial charge >= 0.3 is 0 Å². The van der Waals surface area contributed by atoms with Crippen LogP contribution >= 0.6 is 0 Å². The lowest BCUT2D eigenvalue weighted by atomic mass is 9.97. The maximum Gasteiger partial charge on any atom is 0.194 e. The van der Waals surface area contributed by atoms with E-state index in [9.17, 15) is 4.79 Å². The fourth-order valence-corrected chi connectivity index (χ4v) is 1.93. The van der Waals surface area contributed by atoms with Crippen molar-refractivity contribution in [1.29, 1.82) is 0 Å². The second-order valence-electron chi connectivity index (χ2n) is 4.93. The van der Waals surface area contributed by atoms with Crippen LogP contribution in [0, 0.1) is 6.92 Å². The minimum atomic E-state index is -0.0427. The Kier molecular flexibility index (Phi) is 3.32. The molecular formula is C15H18N2O. The van der Waals surface area contributed by atoms with Gasteiger partial charge < -0.3 is 4.98 Å². The van der Waals surface area contributed by atoms with Crippen LogP contribution in [0.4, 0.5) is 0 Å². The van der Waals surface area contributed by atoms with Gasteiger partial charge in [-0.15, -0.1) is 0 Å². The van der Waals surface area contributed by atoms with Crippen LogP contribution in [0.1, 0.15) is 48.4 Å². The Hall–Kier alpha value is -1.90. The summed E-state index contributed by atoms with van der Waals surface area (Å²) in [6, 6.07) is 6.42. The predicted molar refractivity (Wildman–Crippen MR) is 72.9 cm³/mol. The van der Waals surface area contributed by atoms with Crippen LogP contribution in [0.25, 0.3) is 11.3 Å². The number of hydrogen-bond acceptors (Lipinski definition) is 2. The number of nitrogens with zero attached hydrogens (tertiary/aromatic N) is 1. The van der Waals surface area contributed by atoms with Crippen molar-refractivity contribution in [3.8, 4) is 11.3 Å². The summed E-state index contributed by atoms with van der Waals surface area (Å²) < 4.78 is 0. The van der Waals surface area contributed by atoms with E-state index in [1.807, 2.05) is 0 Å². The molecule has 1 aromatic heterocycles. The number of nitrogens with one attached hydrogen (secondary N) is 1. The smallest absolute Gasteiger partial charge is 0.194 e. The molecule has 0 spiro atoms. The first kappa shape index (κ1) is 12.6. The Morgan fingerprint density at radius 1 is 1.33 bits per heavy atom. The average Bonchev–Trinajstić information content (AvgIpc) is 2.78. The van der Waals surface area contributed by atoms with E-state index < -0.39 is 0 Å². The highest BCUT2D eigenvalue weighted by molar-refractivity contribution is 5.91. The van der Waals surface area contributed by atoms with Gasteiger partial charge in [-0.1, -0.05) is 26.0 Å². The zero-order valence-electron chi connectivity index (χ0n) is 11.2. The van der Waals surface area contributed by atoms with E-state index in [4.69, 9.17) is 0 Å². The quantitative estimate of drug-likeness (QED) is 0.834. The summed E-state index contributed by atoms with van der Waals surface area (Å²) in [6.45, 7) is 7.92. The van der Waals surface area contributed by atoms with Gasteiger partial charge in [0.25, 0.3) is 0 Å². The van der Waals surface area contributed by atoms with Crippen molar-refractivity contribution in [2.75, 3.05) is 0 Å². The van der Waals surface area contributed by atoms with Crippen molar-refractivity contribution >= 4 is 5.78 Å². The number of aryl methyl sites for hydroxylation is 1. The fraction of sp³-hybridized carbons (Fsp3) is 0.333. The number of hydrogen-bond donors (Lipinski definition) is 1. The molecule has 94 valence electrons. The monoisotopic (exact) mass is 242 g/mol. The van der Waals surface area contributed by atoms with Crippen LogP contribution in [0.15, 0.2) is 24.4 Å². The zero-order valence-corrected chi connectivity index (χ0v) is 11.2. The Morgan fingerprint density at radius 3 is 2.61 bits per heavy atom. The number of aromatic amines is 1. The van der Waals surface area contributed by atoms with E-state index in [1.54, 1.807) is 6.20 Å². The molecule has 3 nitrogen and oxygen atoms in total. The molecule has 0 aliphatic heterocycles. The maximum atomic E-state index is 11.3. The molecule has 0 saturated carbocycles. The average molecular weight is 242 g/mol. The van der Waals surface area contributed by atoms with E-state index in [1.165, 1.54) is 18.1 Å². The molecule has 2 aromatic rings. The van der Waals surface area contributed by atoms with Crippen LogP contribution in [-0.2, 0) is 0 Å². The molecular weight excluding hydrogens is 224 g/mol. The minimum Gasteiger partial charge on any atom is -0.336 e. The highest BCUT2D eigenvalue weighted by atomic mass is 16.1. The molecule has 0 unspecified atom stereocenters. The largest absolute Gasteiger partial charge is 0.336 e. The Bertz CT molecular complexity index is 582. The van der Waals surface area contributed by atoms with Crippen molar-refractivity contribution in [2.45, 2.75) is 33.6 Å². The summed E-state index contributed by atoms with van der Waals surface area (Å²) in [5, 5.41) is 0. The summed E-state index contributed by atoms with van der Waals surface area (Å²) in [5.41, 5.74) is 4.48. The van der Waals surface area contributed by atoms with Crippen LogP contribution in [-0.4, -0.2) is 15.8 Å². The molecule has 0 aliphatic carbocycles. The third-order valence-electron chi connectivity index (χ3n) is 3.13. The molecule has 2 rings (SSSR count). The molecule has 3 heteroatoms. The number of carbonyl (C=O) groups excluding carboxylic acids is 1. The normalized spacial score (nSPS) is 10.9. The second-order valence-corrected chi connectivity index (χ2v) is 4.93. The predicted octanol–water partition coefficient (Wildman–Crippen LogP) is 3.71. The van der Waals surface area contributed by atoms with E-state index in [0.717, 1.165) is 11.3 Å². The Morgan fingerprint density at radius 2 is 2.06 bits per heavy atom. The van der Waals surface area contributed by atoms with Crippen LogP contribution in [0.5, 0.6) is 0 Å². The van der Waals surface area contributed by atoms with Gasteiger partial charge in [-0.2, -0.15) is 0 Å². The van der Waals surface area contributed by atoms with Gasteiger partial charge in [-0.3, -0.25) is 4.79 Å². The number of aromatic nitrogens is 2. The van der Waals surface area contributed by atoms with E-state index in [2.05, 4.69) is 48.9 Å². The molecule has 1 aromatic carbocycles. The molecule has 0 bridgehead atoms. The third kappa shape index (κ3) is 2.35. The Balaban J connectivity index is 2.48.